The number of benzene rings is 1. The molecule has 4 aromatic rings. The Morgan fingerprint density at radius 2 is 1.97 bits per heavy atom. The van der Waals surface area contributed by atoms with Crippen LogP contribution in [0.1, 0.15) is 31.4 Å². The van der Waals surface area contributed by atoms with Gasteiger partial charge in [-0.25, -0.2) is 9.78 Å². The van der Waals surface area contributed by atoms with Gasteiger partial charge in [-0.2, -0.15) is 5.10 Å². The van der Waals surface area contributed by atoms with Gasteiger partial charge >= 0.3 is 5.97 Å². The summed E-state index contributed by atoms with van der Waals surface area (Å²) in [6, 6.07) is 15.2. The molecular formula is C22H19N5O3S. The van der Waals surface area contributed by atoms with Crippen molar-refractivity contribution in [2.75, 3.05) is 12.4 Å². The quantitative estimate of drug-likeness (QED) is 0.430. The first-order chi connectivity index (χ1) is 15.1. The fourth-order valence-electron chi connectivity index (χ4n) is 3.00. The number of carbonyl (C=O) groups is 2. The number of hydrogen-bond acceptors (Lipinski definition) is 7. The van der Waals surface area contributed by atoms with Crippen LogP contribution in [0.15, 0.2) is 60.9 Å². The zero-order valence-electron chi connectivity index (χ0n) is 16.7. The summed E-state index contributed by atoms with van der Waals surface area (Å²) in [5.74, 6) is -0.928. The maximum absolute atomic E-state index is 12.7. The lowest BCUT2D eigenvalue weighted by molar-refractivity contribution is 0.0593. The lowest BCUT2D eigenvalue weighted by atomic mass is 10.1. The number of nitrogens with one attached hydrogen (secondary N) is 2. The first-order valence-electron chi connectivity index (χ1n) is 9.53. The number of aromatic amines is 1. The lowest BCUT2D eigenvalue weighted by Gasteiger charge is -2.01. The number of ether oxygens (including phenoxy) is 1. The molecule has 31 heavy (non-hydrogen) atoms. The molecule has 3 heterocycles. The number of amides is 1. The molecule has 0 fully saturated rings. The van der Waals surface area contributed by atoms with Gasteiger partial charge in [0.2, 0.25) is 0 Å². The Labute approximate surface area is 182 Å². The van der Waals surface area contributed by atoms with E-state index in [9.17, 15) is 9.59 Å². The minimum absolute atomic E-state index is 0.222. The fourth-order valence-corrected chi connectivity index (χ4v) is 3.94. The molecule has 1 aromatic carbocycles. The highest BCUT2D eigenvalue weighted by atomic mass is 32.1. The van der Waals surface area contributed by atoms with E-state index in [-0.39, 0.29) is 11.4 Å². The van der Waals surface area contributed by atoms with Crippen molar-refractivity contribution in [3.05, 3.63) is 82.8 Å². The van der Waals surface area contributed by atoms with Crippen molar-refractivity contribution >= 4 is 28.3 Å². The van der Waals surface area contributed by atoms with E-state index < -0.39 is 11.9 Å². The van der Waals surface area contributed by atoms with Crippen molar-refractivity contribution in [3.8, 4) is 11.3 Å². The molecule has 2 N–H and O–H groups in total. The van der Waals surface area contributed by atoms with Crippen LogP contribution in [0.4, 0.5) is 5.13 Å². The number of anilines is 1. The van der Waals surface area contributed by atoms with E-state index in [1.54, 1.807) is 24.5 Å². The molecule has 8 nitrogen and oxygen atoms in total. The number of hydrogen-bond donors (Lipinski definition) is 2. The Hall–Kier alpha value is -3.85. The van der Waals surface area contributed by atoms with Gasteiger partial charge in [0.15, 0.2) is 10.8 Å². The van der Waals surface area contributed by atoms with Crippen LogP contribution in [-0.2, 0) is 17.6 Å². The third-order valence-corrected chi connectivity index (χ3v) is 5.59. The molecule has 0 saturated heterocycles. The van der Waals surface area contributed by atoms with Crippen LogP contribution in [0, 0.1) is 0 Å². The molecule has 0 aliphatic heterocycles. The van der Waals surface area contributed by atoms with Gasteiger partial charge in [0.25, 0.3) is 5.91 Å². The molecule has 0 unspecified atom stereocenters. The van der Waals surface area contributed by atoms with Crippen LogP contribution >= 0.6 is 11.3 Å². The van der Waals surface area contributed by atoms with Gasteiger partial charge in [-0.1, -0.05) is 30.3 Å². The summed E-state index contributed by atoms with van der Waals surface area (Å²) >= 11 is 1.26. The number of pyridine rings is 1. The summed E-state index contributed by atoms with van der Waals surface area (Å²) in [5.41, 5.74) is 3.05. The Morgan fingerprint density at radius 3 is 2.71 bits per heavy atom. The number of aryl methyl sites for hydroxylation is 2. The van der Waals surface area contributed by atoms with Crippen LogP contribution in [0.25, 0.3) is 11.3 Å². The molecule has 0 radical (unpaired) electrons. The zero-order chi connectivity index (χ0) is 21.6. The third-order valence-electron chi connectivity index (χ3n) is 4.56. The highest BCUT2D eigenvalue weighted by molar-refractivity contribution is 7.16. The van der Waals surface area contributed by atoms with Crippen LogP contribution in [-0.4, -0.2) is 39.2 Å². The first-order valence-corrected chi connectivity index (χ1v) is 10.3. The summed E-state index contributed by atoms with van der Waals surface area (Å²) in [5, 5.41) is 9.94. The number of aromatic nitrogens is 4. The number of thiazole rings is 1. The minimum atomic E-state index is -0.528. The van der Waals surface area contributed by atoms with Crippen molar-refractivity contribution in [3.63, 3.8) is 0 Å². The molecule has 0 bridgehead atoms. The molecule has 0 aliphatic rings. The number of esters is 1. The highest BCUT2D eigenvalue weighted by Gasteiger charge is 2.21. The van der Waals surface area contributed by atoms with Gasteiger partial charge < -0.3 is 4.74 Å². The summed E-state index contributed by atoms with van der Waals surface area (Å²) in [7, 11) is 1.31. The first kappa shape index (κ1) is 20.4. The maximum Gasteiger partial charge on any atom is 0.357 e. The Kier molecular flexibility index (Phi) is 6.13. The molecule has 1 amide bonds. The van der Waals surface area contributed by atoms with Gasteiger partial charge in [0.1, 0.15) is 5.69 Å². The minimum Gasteiger partial charge on any atom is -0.464 e. The summed E-state index contributed by atoms with van der Waals surface area (Å²) < 4.78 is 4.85. The van der Waals surface area contributed by atoms with Gasteiger partial charge in [0.05, 0.1) is 12.8 Å². The van der Waals surface area contributed by atoms with Crippen molar-refractivity contribution in [2.24, 2.45) is 0 Å². The van der Waals surface area contributed by atoms with E-state index in [1.165, 1.54) is 18.4 Å². The molecule has 156 valence electrons. The van der Waals surface area contributed by atoms with E-state index in [1.807, 2.05) is 36.4 Å². The molecule has 4 rings (SSSR count). The van der Waals surface area contributed by atoms with E-state index in [0.717, 1.165) is 22.4 Å². The van der Waals surface area contributed by atoms with Crippen LogP contribution in [0.3, 0.4) is 0 Å². The predicted octanol–water partition coefficient (Wildman–Crippen LogP) is 3.75. The number of nitrogens with zero attached hydrogens (tertiary/aromatic N) is 3. The Balaban J connectivity index is 1.50. The summed E-state index contributed by atoms with van der Waals surface area (Å²) in [4.78, 5) is 33.9. The standard InChI is InChI=1S/C22H19N5O3S/c1-30-21(29)19-18(10-9-14-6-3-2-4-7-14)31-22(24-19)25-20(28)17-12-16(26-27-17)15-8-5-11-23-13-15/h2-8,11-13H,9-10H2,1H3,(H,26,27)(H,24,25,28). The van der Waals surface area contributed by atoms with Gasteiger partial charge in [-0.15, -0.1) is 11.3 Å². The van der Waals surface area contributed by atoms with Gasteiger partial charge in [-0.3, -0.25) is 20.2 Å². The van der Waals surface area contributed by atoms with E-state index in [4.69, 9.17) is 4.74 Å². The predicted molar refractivity (Wildman–Crippen MR) is 117 cm³/mol. The molecular weight excluding hydrogens is 414 g/mol. The fraction of sp³-hybridized carbons (Fsp3) is 0.136. The van der Waals surface area contributed by atoms with Gasteiger partial charge in [0, 0.05) is 22.8 Å². The Bertz CT molecular complexity index is 1190. The summed E-state index contributed by atoms with van der Waals surface area (Å²) in [6.45, 7) is 0. The van der Waals surface area contributed by atoms with Crippen LogP contribution in [0.5, 0.6) is 0 Å². The largest absolute Gasteiger partial charge is 0.464 e. The monoisotopic (exact) mass is 433 g/mol. The second-order valence-electron chi connectivity index (χ2n) is 6.63. The smallest absolute Gasteiger partial charge is 0.357 e. The molecule has 0 spiro atoms. The van der Waals surface area contributed by atoms with Crippen molar-refractivity contribution in [1.82, 2.24) is 20.2 Å². The number of carbonyl (C=O) groups excluding carboxylic acids is 2. The van der Waals surface area contributed by atoms with Gasteiger partial charge in [-0.05, 0) is 36.6 Å². The number of methoxy groups -OCH3 is 1. The molecule has 0 aliphatic carbocycles. The second-order valence-corrected chi connectivity index (χ2v) is 7.71. The van der Waals surface area contributed by atoms with Crippen LogP contribution < -0.4 is 5.32 Å². The Morgan fingerprint density at radius 1 is 1.13 bits per heavy atom. The van der Waals surface area contributed by atoms with E-state index in [0.29, 0.717) is 17.2 Å². The van der Waals surface area contributed by atoms with E-state index >= 15 is 0 Å². The van der Waals surface area contributed by atoms with Crippen molar-refractivity contribution < 1.29 is 14.3 Å². The molecule has 9 heteroatoms. The maximum atomic E-state index is 12.7. The average Bonchev–Trinajstić information content (AvgIpc) is 3.46. The normalized spacial score (nSPS) is 10.6. The van der Waals surface area contributed by atoms with E-state index in [2.05, 4.69) is 25.5 Å². The topological polar surface area (TPSA) is 110 Å². The highest BCUT2D eigenvalue weighted by Crippen LogP contribution is 2.26. The zero-order valence-corrected chi connectivity index (χ0v) is 17.5. The molecule has 0 saturated carbocycles. The average molecular weight is 433 g/mol. The number of rotatable bonds is 7. The lowest BCUT2D eigenvalue weighted by Crippen LogP contribution is -2.12. The second kappa shape index (κ2) is 9.31. The molecule has 0 atom stereocenters. The van der Waals surface area contributed by atoms with Crippen LogP contribution in [0.2, 0.25) is 0 Å². The number of H-pyrrole nitrogens is 1. The van der Waals surface area contributed by atoms with Crippen molar-refractivity contribution in [1.29, 1.82) is 0 Å². The molecule has 3 aromatic heterocycles. The SMILES string of the molecule is COC(=O)c1nc(NC(=O)c2cc(-c3cccnc3)n[nH]2)sc1CCc1ccccc1. The third kappa shape index (κ3) is 4.84. The van der Waals surface area contributed by atoms with Crippen molar-refractivity contribution in [2.45, 2.75) is 12.8 Å². The summed E-state index contributed by atoms with van der Waals surface area (Å²) in [6.07, 6.45) is 4.69.